The minimum atomic E-state index is -0.849. The van der Waals surface area contributed by atoms with Crippen molar-refractivity contribution in [1.82, 2.24) is 0 Å². The zero-order valence-corrected chi connectivity index (χ0v) is 13.8. The van der Waals surface area contributed by atoms with Crippen molar-refractivity contribution in [2.75, 3.05) is 6.61 Å². The number of hydrogen-bond donors (Lipinski definition) is 0. The van der Waals surface area contributed by atoms with E-state index < -0.39 is 11.6 Å². The number of benzene rings is 2. The highest BCUT2D eigenvalue weighted by Crippen LogP contribution is 2.37. The van der Waals surface area contributed by atoms with E-state index >= 15 is 0 Å². The van der Waals surface area contributed by atoms with Crippen molar-refractivity contribution in [3.05, 3.63) is 53.1 Å². The Bertz CT molecular complexity index is 730. The van der Waals surface area contributed by atoms with Crippen LogP contribution in [0.2, 0.25) is 0 Å². The van der Waals surface area contributed by atoms with Gasteiger partial charge in [-0.2, -0.15) is 4.39 Å². The Morgan fingerprint density at radius 1 is 0.875 bits per heavy atom. The van der Waals surface area contributed by atoms with Gasteiger partial charge in [-0.3, -0.25) is 0 Å². The minimum Gasteiger partial charge on any atom is -0.490 e. The Morgan fingerprint density at radius 3 is 2.38 bits per heavy atom. The molecule has 0 atom stereocenters. The second-order valence-electron chi connectivity index (χ2n) is 6.95. The second kappa shape index (κ2) is 6.54. The summed E-state index contributed by atoms with van der Waals surface area (Å²) in [7, 11) is 0. The predicted molar refractivity (Wildman–Crippen MR) is 91.4 cm³/mol. The fourth-order valence-electron chi connectivity index (χ4n) is 4.02. The first-order valence-corrected chi connectivity index (χ1v) is 8.98. The van der Waals surface area contributed by atoms with Crippen molar-refractivity contribution in [1.29, 1.82) is 0 Å². The lowest BCUT2D eigenvalue weighted by atomic mass is 9.83. The molecule has 0 aromatic heterocycles. The van der Waals surface area contributed by atoms with Crippen molar-refractivity contribution in [3.63, 3.8) is 0 Å². The van der Waals surface area contributed by atoms with E-state index in [2.05, 4.69) is 12.1 Å². The van der Waals surface area contributed by atoms with E-state index in [9.17, 15) is 8.78 Å². The van der Waals surface area contributed by atoms with Crippen LogP contribution in [-0.4, -0.2) is 6.61 Å². The summed E-state index contributed by atoms with van der Waals surface area (Å²) in [6, 6.07) is 9.77. The van der Waals surface area contributed by atoms with Gasteiger partial charge in [0.1, 0.15) is 0 Å². The lowest BCUT2D eigenvalue weighted by Crippen LogP contribution is -2.11. The molecule has 126 valence electrons. The van der Waals surface area contributed by atoms with Gasteiger partial charge in [-0.15, -0.1) is 0 Å². The molecule has 24 heavy (non-hydrogen) atoms. The Labute approximate surface area is 141 Å². The maximum Gasteiger partial charge on any atom is 0.201 e. The van der Waals surface area contributed by atoms with Crippen LogP contribution in [0, 0.1) is 11.6 Å². The zero-order chi connectivity index (χ0) is 16.5. The van der Waals surface area contributed by atoms with Gasteiger partial charge in [-0.25, -0.2) is 4.39 Å². The highest BCUT2D eigenvalue weighted by Gasteiger charge is 2.23. The maximum absolute atomic E-state index is 14.5. The van der Waals surface area contributed by atoms with E-state index in [0.29, 0.717) is 18.1 Å². The molecule has 2 aromatic carbocycles. The van der Waals surface area contributed by atoms with Crippen LogP contribution in [0.15, 0.2) is 30.3 Å². The summed E-state index contributed by atoms with van der Waals surface area (Å²) in [5, 5.41) is 0. The average molecular weight is 328 g/mol. The third-order valence-electron chi connectivity index (χ3n) is 5.37. The Morgan fingerprint density at radius 2 is 1.62 bits per heavy atom. The summed E-state index contributed by atoms with van der Waals surface area (Å²) in [5.41, 5.74) is 3.17. The van der Waals surface area contributed by atoms with Gasteiger partial charge in [0, 0.05) is 5.56 Å². The molecule has 4 rings (SSSR count). The largest absolute Gasteiger partial charge is 0.490 e. The Hall–Kier alpha value is -1.90. The van der Waals surface area contributed by atoms with Gasteiger partial charge >= 0.3 is 0 Å². The summed E-state index contributed by atoms with van der Waals surface area (Å²) in [5.74, 6) is -0.938. The van der Waals surface area contributed by atoms with E-state index in [1.165, 1.54) is 37.7 Å². The first kappa shape index (κ1) is 15.6. The average Bonchev–Trinajstić information content (AvgIpc) is 2.66. The quantitative estimate of drug-likeness (QED) is 0.656. The van der Waals surface area contributed by atoms with E-state index in [4.69, 9.17) is 4.74 Å². The Balaban J connectivity index is 1.67. The molecule has 1 aliphatic carbocycles. The van der Waals surface area contributed by atoms with Crippen LogP contribution in [-0.2, 0) is 6.42 Å². The normalized spacial score (nSPS) is 18.1. The summed E-state index contributed by atoms with van der Waals surface area (Å²) in [4.78, 5) is 0. The highest BCUT2D eigenvalue weighted by molar-refractivity contribution is 5.67. The molecule has 2 aliphatic rings. The van der Waals surface area contributed by atoms with Crippen molar-refractivity contribution >= 4 is 0 Å². The van der Waals surface area contributed by atoms with Crippen molar-refractivity contribution in [2.45, 2.75) is 50.9 Å². The molecule has 0 bridgehead atoms. The lowest BCUT2D eigenvalue weighted by Gasteiger charge is -2.22. The molecular formula is C21H22F2O. The topological polar surface area (TPSA) is 9.23 Å². The van der Waals surface area contributed by atoms with Gasteiger partial charge in [0.25, 0.3) is 0 Å². The fraction of sp³-hybridized carbons (Fsp3) is 0.429. The lowest BCUT2D eigenvalue weighted by molar-refractivity contribution is 0.268. The van der Waals surface area contributed by atoms with Crippen LogP contribution in [0.25, 0.3) is 11.1 Å². The van der Waals surface area contributed by atoms with Crippen LogP contribution in [0.3, 0.4) is 0 Å². The predicted octanol–water partition coefficient (Wildman–Crippen LogP) is 6.00. The molecule has 0 radical (unpaired) electrons. The third kappa shape index (κ3) is 2.81. The number of aryl methyl sites for hydroxylation is 1. The van der Waals surface area contributed by atoms with E-state index in [-0.39, 0.29) is 5.75 Å². The van der Waals surface area contributed by atoms with Crippen LogP contribution < -0.4 is 4.74 Å². The van der Waals surface area contributed by atoms with Gasteiger partial charge in [0.2, 0.25) is 5.82 Å². The molecule has 2 aromatic rings. The molecule has 3 heteroatoms. The highest BCUT2D eigenvalue weighted by atomic mass is 19.2. The number of hydrogen-bond acceptors (Lipinski definition) is 1. The van der Waals surface area contributed by atoms with E-state index in [0.717, 1.165) is 24.0 Å². The summed E-state index contributed by atoms with van der Waals surface area (Å²) in [6.07, 6.45) is 7.96. The molecule has 0 spiro atoms. The van der Waals surface area contributed by atoms with Crippen molar-refractivity contribution in [2.24, 2.45) is 0 Å². The number of rotatable bonds is 2. The Kier molecular flexibility index (Phi) is 4.26. The summed E-state index contributed by atoms with van der Waals surface area (Å²) < 4.78 is 34.1. The first-order chi connectivity index (χ1) is 11.7. The molecule has 1 saturated carbocycles. The molecule has 0 unspecified atom stereocenters. The SMILES string of the molecule is Fc1c(-c2ccc(C3CCCCC3)cc2)cc2c(c1F)OCCC2. The number of halogens is 2. The molecule has 1 aliphatic heterocycles. The van der Waals surface area contributed by atoms with Gasteiger partial charge in [0.15, 0.2) is 11.6 Å². The van der Waals surface area contributed by atoms with E-state index in [1.54, 1.807) is 6.07 Å². The molecule has 1 fully saturated rings. The van der Waals surface area contributed by atoms with Crippen LogP contribution in [0.4, 0.5) is 8.78 Å². The smallest absolute Gasteiger partial charge is 0.201 e. The zero-order valence-electron chi connectivity index (χ0n) is 13.8. The summed E-state index contributed by atoms with van der Waals surface area (Å²) >= 11 is 0. The third-order valence-corrected chi connectivity index (χ3v) is 5.37. The summed E-state index contributed by atoms with van der Waals surface area (Å²) in [6.45, 7) is 0.457. The standard InChI is InChI=1S/C21H22F2O/c22-19-18(13-17-7-4-12-24-21(17)20(19)23)16-10-8-15(9-11-16)14-5-2-1-3-6-14/h8-11,13-14H,1-7,12H2. The van der Waals surface area contributed by atoms with Gasteiger partial charge in [-0.05, 0) is 54.4 Å². The molecule has 1 nitrogen and oxygen atoms in total. The molecule has 1 heterocycles. The van der Waals surface area contributed by atoms with Crippen LogP contribution in [0.5, 0.6) is 5.75 Å². The van der Waals surface area contributed by atoms with Gasteiger partial charge in [0.05, 0.1) is 6.61 Å². The monoisotopic (exact) mass is 328 g/mol. The van der Waals surface area contributed by atoms with Crippen LogP contribution >= 0.6 is 0 Å². The van der Waals surface area contributed by atoms with Crippen molar-refractivity contribution in [3.8, 4) is 16.9 Å². The fourth-order valence-corrected chi connectivity index (χ4v) is 4.02. The maximum atomic E-state index is 14.5. The van der Waals surface area contributed by atoms with Crippen molar-refractivity contribution < 1.29 is 13.5 Å². The molecule has 0 N–H and O–H groups in total. The number of fused-ring (bicyclic) bond motifs is 1. The number of ether oxygens (including phenoxy) is 1. The first-order valence-electron chi connectivity index (χ1n) is 8.98. The molecular weight excluding hydrogens is 306 g/mol. The second-order valence-corrected chi connectivity index (χ2v) is 6.95. The van der Waals surface area contributed by atoms with Gasteiger partial charge in [-0.1, -0.05) is 43.5 Å². The van der Waals surface area contributed by atoms with Crippen LogP contribution in [0.1, 0.15) is 55.6 Å². The minimum absolute atomic E-state index is 0.0984. The van der Waals surface area contributed by atoms with Gasteiger partial charge < -0.3 is 4.74 Å². The molecule has 0 saturated heterocycles. The molecule has 0 amide bonds. The van der Waals surface area contributed by atoms with E-state index in [1.807, 2.05) is 12.1 Å².